The zero-order valence-electron chi connectivity index (χ0n) is 10.1. The molecule has 0 aromatic heterocycles. The van der Waals surface area contributed by atoms with E-state index in [9.17, 15) is 0 Å². The maximum absolute atomic E-state index is 9.10. The van der Waals surface area contributed by atoms with Crippen molar-refractivity contribution in [2.24, 2.45) is 5.73 Å². The van der Waals surface area contributed by atoms with E-state index in [0.29, 0.717) is 12.6 Å². The van der Waals surface area contributed by atoms with Crippen molar-refractivity contribution in [1.82, 2.24) is 0 Å². The molecule has 1 atom stereocenters. The van der Waals surface area contributed by atoms with Crippen LogP contribution in [-0.4, -0.2) is 24.3 Å². The fraction of sp³-hybridized carbons (Fsp3) is 0.538. The van der Waals surface area contributed by atoms with Crippen LogP contribution < -0.4 is 10.6 Å². The van der Waals surface area contributed by atoms with E-state index in [1.165, 1.54) is 12.8 Å². The average molecular weight is 255 g/mol. The number of anilines is 1. The molecule has 4 heteroatoms. The zero-order valence-corrected chi connectivity index (χ0v) is 10.8. The Kier molecular flexibility index (Phi) is 3.92. The standard InChI is InChI=1S/C13H19ClN2O/c1-9(15)10-2-5-13(12(14)8-10)16(6-7-17)11-3-4-11/h2,5,8-9,11,17H,3-4,6-7,15H2,1H3/t9-/m0/s1. The van der Waals surface area contributed by atoms with Gasteiger partial charge in [-0.15, -0.1) is 0 Å². The van der Waals surface area contributed by atoms with Crippen LogP contribution >= 0.6 is 11.6 Å². The second-order valence-corrected chi connectivity index (χ2v) is 5.05. The summed E-state index contributed by atoms with van der Waals surface area (Å²) < 4.78 is 0. The highest BCUT2D eigenvalue weighted by molar-refractivity contribution is 6.33. The van der Waals surface area contributed by atoms with E-state index < -0.39 is 0 Å². The molecule has 0 radical (unpaired) electrons. The number of hydrogen-bond acceptors (Lipinski definition) is 3. The van der Waals surface area contributed by atoms with Gasteiger partial charge in [0.1, 0.15) is 0 Å². The maximum atomic E-state index is 9.10. The number of halogens is 1. The van der Waals surface area contributed by atoms with E-state index in [4.69, 9.17) is 22.4 Å². The Balaban J connectivity index is 2.24. The lowest BCUT2D eigenvalue weighted by Crippen LogP contribution is -2.29. The quantitative estimate of drug-likeness (QED) is 0.848. The van der Waals surface area contributed by atoms with Crippen LogP contribution in [0.5, 0.6) is 0 Å². The van der Waals surface area contributed by atoms with Crippen LogP contribution in [0.25, 0.3) is 0 Å². The summed E-state index contributed by atoms with van der Waals surface area (Å²) in [5, 5.41) is 9.83. The van der Waals surface area contributed by atoms with Crippen molar-refractivity contribution in [2.45, 2.75) is 31.8 Å². The Bertz CT molecular complexity index is 391. The van der Waals surface area contributed by atoms with Gasteiger partial charge in [0.25, 0.3) is 0 Å². The fourth-order valence-corrected chi connectivity index (χ4v) is 2.33. The van der Waals surface area contributed by atoms with Crippen molar-refractivity contribution < 1.29 is 5.11 Å². The van der Waals surface area contributed by atoms with Gasteiger partial charge in [-0.25, -0.2) is 0 Å². The summed E-state index contributed by atoms with van der Waals surface area (Å²) in [6.45, 7) is 2.74. The van der Waals surface area contributed by atoms with E-state index in [2.05, 4.69) is 4.90 Å². The molecular formula is C13H19ClN2O. The number of rotatable bonds is 5. The van der Waals surface area contributed by atoms with E-state index in [1.807, 2.05) is 25.1 Å². The van der Waals surface area contributed by atoms with Crippen LogP contribution in [-0.2, 0) is 0 Å². The number of benzene rings is 1. The highest BCUT2D eigenvalue weighted by Gasteiger charge is 2.29. The molecule has 3 nitrogen and oxygen atoms in total. The molecule has 0 heterocycles. The molecule has 0 spiro atoms. The molecule has 1 aromatic rings. The normalized spacial score (nSPS) is 16.9. The molecule has 0 bridgehead atoms. The Hall–Kier alpha value is -0.770. The molecule has 1 saturated carbocycles. The number of nitrogens with zero attached hydrogens (tertiary/aromatic N) is 1. The largest absolute Gasteiger partial charge is 0.395 e. The lowest BCUT2D eigenvalue weighted by molar-refractivity contribution is 0.301. The van der Waals surface area contributed by atoms with Crippen molar-refractivity contribution in [3.63, 3.8) is 0 Å². The highest BCUT2D eigenvalue weighted by atomic mass is 35.5. The average Bonchev–Trinajstić information content (AvgIpc) is 3.10. The van der Waals surface area contributed by atoms with Gasteiger partial charge < -0.3 is 15.7 Å². The summed E-state index contributed by atoms with van der Waals surface area (Å²) in [7, 11) is 0. The molecular weight excluding hydrogens is 236 g/mol. The molecule has 3 N–H and O–H groups in total. The predicted octanol–water partition coefficient (Wildman–Crippen LogP) is 2.32. The second kappa shape index (κ2) is 5.25. The Morgan fingerprint density at radius 1 is 1.53 bits per heavy atom. The topological polar surface area (TPSA) is 49.5 Å². The minimum Gasteiger partial charge on any atom is -0.395 e. The van der Waals surface area contributed by atoms with Gasteiger partial charge in [0.05, 0.1) is 17.3 Å². The summed E-state index contributed by atoms with van der Waals surface area (Å²) in [6, 6.07) is 6.48. The first kappa shape index (κ1) is 12.7. The first-order chi connectivity index (χ1) is 8.13. The van der Waals surface area contributed by atoms with E-state index >= 15 is 0 Å². The first-order valence-electron chi connectivity index (χ1n) is 6.06. The van der Waals surface area contributed by atoms with E-state index in [-0.39, 0.29) is 12.6 Å². The third-order valence-electron chi connectivity index (χ3n) is 3.14. The van der Waals surface area contributed by atoms with Gasteiger partial charge in [-0.1, -0.05) is 17.7 Å². The van der Waals surface area contributed by atoms with Crippen molar-refractivity contribution in [3.05, 3.63) is 28.8 Å². The van der Waals surface area contributed by atoms with Crippen LogP contribution in [0.2, 0.25) is 5.02 Å². The molecule has 1 fully saturated rings. The van der Waals surface area contributed by atoms with Crippen LogP contribution in [0, 0.1) is 0 Å². The molecule has 17 heavy (non-hydrogen) atoms. The third kappa shape index (κ3) is 2.92. The lowest BCUT2D eigenvalue weighted by Gasteiger charge is -2.25. The highest BCUT2D eigenvalue weighted by Crippen LogP contribution is 2.36. The van der Waals surface area contributed by atoms with Gasteiger partial charge in [-0.2, -0.15) is 0 Å². The molecule has 1 aliphatic rings. The van der Waals surface area contributed by atoms with Crippen LogP contribution in [0.4, 0.5) is 5.69 Å². The monoisotopic (exact) mass is 254 g/mol. The Morgan fingerprint density at radius 3 is 2.71 bits per heavy atom. The van der Waals surface area contributed by atoms with Crippen LogP contribution in [0.1, 0.15) is 31.4 Å². The molecule has 94 valence electrons. The van der Waals surface area contributed by atoms with Gasteiger partial charge in [-0.3, -0.25) is 0 Å². The van der Waals surface area contributed by atoms with Crippen molar-refractivity contribution >= 4 is 17.3 Å². The molecule has 0 unspecified atom stereocenters. The summed E-state index contributed by atoms with van der Waals surface area (Å²) >= 11 is 6.30. The molecule has 2 rings (SSSR count). The Morgan fingerprint density at radius 2 is 2.24 bits per heavy atom. The van der Waals surface area contributed by atoms with Gasteiger partial charge in [-0.05, 0) is 37.5 Å². The molecule has 1 aliphatic carbocycles. The molecule has 0 saturated heterocycles. The van der Waals surface area contributed by atoms with E-state index in [1.54, 1.807) is 0 Å². The van der Waals surface area contributed by atoms with Gasteiger partial charge in [0.15, 0.2) is 0 Å². The molecule has 0 aliphatic heterocycles. The van der Waals surface area contributed by atoms with Gasteiger partial charge >= 0.3 is 0 Å². The summed E-state index contributed by atoms with van der Waals surface area (Å²) in [5.74, 6) is 0. The maximum Gasteiger partial charge on any atom is 0.0643 e. The Labute approximate surface area is 107 Å². The summed E-state index contributed by atoms with van der Waals surface area (Å²) in [4.78, 5) is 2.19. The summed E-state index contributed by atoms with van der Waals surface area (Å²) in [6.07, 6.45) is 2.37. The van der Waals surface area contributed by atoms with Crippen molar-refractivity contribution in [3.8, 4) is 0 Å². The van der Waals surface area contributed by atoms with Gasteiger partial charge in [0.2, 0.25) is 0 Å². The SMILES string of the molecule is C[C@H](N)c1ccc(N(CCO)C2CC2)c(Cl)c1. The minimum atomic E-state index is -0.00577. The number of aliphatic hydroxyl groups is 1. The number of hydrogen-bond donors (Lipinski definition) is 2. The van der Waals surface area contributed by atoms with E-state index in [0.717, 1.165) is 16.3 Å². The zero-order chi connectivity index (χ0) is 12.4. The smallest absolute Gasteiger partial charge is 0.0643 e. The molecule has 0 amide bonds. The predicted molar refractivity (Wildman–Crippen MR) is 71.5 cm³/mol. The van der Waals surface area contributed by atoms with Crippen molar-refractivity contribution in [1.29, 1.82) is 0 Å². The van der Waals surface area contributed by atoms with Crippen LogP contribution in [0.3, 0.4) is 0 Å². The lowest BCUT2D eigenvalue weighted by atomic mass is 10.1. The molecule has 1 aromatic carbocycles. The van der Waals surface area contributed by atoms with Gasteiger partial charge in [0, 0.05) is 18.6 Å². The third-order valence-corrected chi connectivity index (χ3v) is 3.44. The minimum absolute atomic E-state index is 0.00577. The fourth-order valence-electron chi connectivity index (χ4n) is 2.03. The number of nitrogens with two attached hydrogens (primary N) is 1. The van der Waals surface area contributed by atoms with Crippen molar-refractivity contribution in [2.75, 3.05) is 18.1 Å². The first-order valence-corrected chi connectivity index (χ1v) is 6.44. The number of aliphatic hydroxyl groups excluding tert-OH is 1. The summed E-state index contributed by atoms with van der Waals surface area (Å²) in [5.41, 5.74) is 7.87. The van der Waals surface area contributed by atoms with Crippen LogP contribution in [0.15, 0.2) is 18.2 Å². The second-order valence-electron chi connectivity index (χ2n) is 4.65.